The van der Waals surface area contributed by atoms with E-state index < -0.39 is 10.0 Å². The van der Waals surface area contributed by atoms with Gasteiger partial charge in [0.2, 0.25) is 10.0 Å². The molecule has 0 saturated heterocycles. The van der Waals surface area contributed by atoms with Gasteiger partial charge in [0.1, 0.15) is 0 Å². The normalized spacial score (nSPS) is 11.8. The van der Waals surface area contributed by atoms with E-state index in [9.17, 15) is 8.42 Å². The summed E-state index contributed by atoms with van der Waals surface area (Å²) in [6, 6.07) is 6.90. The summed E-state index contributed by atoms with van der Waals surface area (Å²) in [7, 11) is -3.51. The van der Waals surface area contributed by atoms with Crippen molar-refractivity contribution in [2.24, 2.45) is 5.73 Å². The predicted octanol–water partition coefficient (Wildman–Crippen LogP) is 2.76. The molecule has 0 amide bonds. The summed E-state index contributed by atoms with van der Waals surface area (Å²) in [5.74, 6) is 0. The van der Waals surface area contributed by atoms with Gasteiger partial charge in [-0.1, -0.05) is 6.07 Å². The third-order valence-electron chi connectivity index (χ3n) is 2.91. The van der Waals surface area contributed by atoms with Crippen LogP contribution in [-0.4, -0.2) is 8.42 Å². The van der Waals surface area contributed by atoms with Crippen LogP contribution in [0.2, 0.25) is 0 Å². The summed E-state index contributed by atoms with van der Waals surface area (Å²) < 4.78 is 28.0. The molecule has 20 heavy (non-hydrogen) atoms. The van der Waals surface area contributed by atoms with Crippen molar-refractivity contribution < 1.29 is 8.42 Å². The molecule has 4 nitrogen and oxygen atoms in total. The molecule has 0 bridgehead atoms. The Labute approximate surface area is 131 Å². The fourth-order valence-corrected chi connectivity index (χ4v) is 4.27. The zero-order valence-corrected chi connectivity index (χ0v) is 14.1. The minimum Gasteiger partial charge on any atom is -0.326 e. The molecule has 0 atom stereocenters. The smallest absolute Gasteiger partial charge is 0.240 e. The first kappa shape index (κ1) is 15.7. The second kappa shape index (κ2) is 6.36. The van der Waals surface area contributed by atoms with Gasteiger partial charge in [0.15, 0.2) is 0 Å². The molecule has 0 spiro atoms. The van der Waals surface area contributed by atoms with Gasteiger partial charge in [0.25, 0.3) is 0 Å². The quantitative estimate of drug-likeness (QED) is 0.844. The van der Waals surface area contributed by atoms with Gasteiger partial charge in [0.05, 0.1) is 4.90 Å². The van der Waals surface area contributed by atoms with E-state index in [-0.39, 0.29) is 11.4 Å². The van der Waals surface area contributed by atoms with Gasteiger partial charge in [-0.3, -0.25) is 0 Å². The van der Waals surface area contributed by atoms with E-state index in [1.54, 1.807) is 18.2 Å². The highest BCUT2D eigenvalue weighted by molar-refractivity contribution is 9.10. The van der Waals surface area contributed by atoms with Gasteiger partial charge in [-0.2, -0.15) is 0 Å². The van der Waals surface area contributed by atoms with Gasteiger partial charge >= 0.3 is 0 Å². The Morgan fingerprint density at radius 1 is 1.35 bits per heavy atom. The van der Waals surface area contributed by atoms with E-state index in [1.807, 2.05) is 18.4 Å². The van der Waals surface area contributed by atoms with Gasteiger partial charge < -0.3 is 5.73 Å². The molecule has 108 valence electrons. The maximum absolute atomic E-state index is 12.2. The molecule has 1 aromatic carbocycles. The molecular formula is C13H15BrN2O2S2. The highest BCUT2D eigenvalue weighted by atomic mass is 79.9. The van der Waals surface area contributed by atoms with E-state index in [1.165, 1.54) is 11.3 Å². The van der Waals surface area contributed by atoms with Crippen LogP contribution in [0.5, 0.6) is 0 Å². The maximum atomic E-state index is 12.2. The minimum atomic E-state index is -3.51. The largest absolute Gasteiger partial charge is 0.326 e. The average Bonchev–Trinajstić information content (AvgIpc) is 2.83. The fourth-order valence-electron chi connectivity index (χ4n) is 1.73. The average molecular weight is 375 g/mol. The molecule has 0 aliphatic heterocycles. The number of hydrogen-bond donors (Lipinski definition) is 2. The number of hydrogen-bond acceptors (Lipinski definition) is 4. The number of halogens is 1. The van der Waals surface area contributed by atoms with Crippen molar-refractivity contribution in [2.75, 3.05) is 0 Å². The second-order valence-corrected chi connectivity index (χ2v) is 8.03. The lowest BCUT2D eigenvalue weighted by molar-refractivity contribution is 0.581. The van der Waals surface area contributed by atoms with Crippen molar-refractivity contribution in [2.45, 2.75) is 24.9 Å². The molecule has 1 heterocycles. The number of rotatable bonds is 5. The highest BCUT2D eigenvalue weighted by Crippen LogP contribution is 2.20. The van der Waals surface area contributed by atoms with E-state index >= 15 is 0 Å². The Bertz CT molecular complexity index is 711. The van der Waals surface area contributed by atoms with Crippen LogP contribution in [0.1, 0.15) is 16.0 Å². The number of sulfonamides is 1. The molecule has 0 aliphatic rings. The first-order valence-corrected chi connectivity index (χ1v) is 9.10. The summed E-state index contributed by atoms with van der Waals surface area (Å²) >= 11 is 4.85. The second-order valence-electron chi connectivity index (χ2n) is 4.35. The Balaban J connectivity index is 2.17. The van der Waals surface area contributed by atoms with E-state index in [0.717, 1.165) is 20.5 Å². The summed E-state index contributed by atoms with van der Waals surface area (Å²) in [6.45, 7) is 2.52. The fraction of sp³-hybridized carbons (Fsp3) is 0.231. The van der Waals surface area contributed by atoms with E-state index in [4.69, 9.17) is 5.73 Å². The van der Waals surface area contributed by atoms with Gasteiger partial charge in [0, 0.05) is 27.8 Å². The van der Waals surface area contributed by atoms with Crippen molar-refractivity contribution >= 4 is 37.3 Å². The van der Waals surface area contributed by atoms with Crippen LogP contribution >= 0.6 is 27.3 Å². The third kappa shape index (κ3) is 3.67. The van der Waals surface area contributed by atoms with Crippen LogP contribution < -0.4 is 10.5 Å². The Kier molecular flexibility index (Phi) is 4.98. The highest BCUT2D eigenvalue weighted by Gasteiger charge is 2.15. The van der Waals surface area contributed by atoms with Crippen molar-refractivity contribution in [1.29, 1.82) is 0 Å². The zero-order valence-electron chi connectivity index (χ0n) is 10.9. The van der Waals surface area contributed by atoms with E-state index in [2.05, 4.69) is 20.7 Å². The maximum Gasteiger partial charge on any atom is 0.240 e. The SMILES string of the molecule is Cc1ccc(S(=O)(=O)NCc2cc(Br)cs2)cc1CN. The summed E-state index contributed by atoms with van der Waals surface area (Å²) in [4.78, 5) is 1.20. The van der Waals surface area contributed by atoms with Crippen LogP contribution in [0.3, 0.4) is 0 Å². The van der Waals surface area contributed by atoms with Crippen LogP contribution in [0.25, 0.3) is 0 Å². The Morgan fingerprint density at radius 3 is 2.70 bits per heavy atom. The molecule has 0 unspecified atom stereocenters. The first-order chi connectivity index (χ1) is 9.42. The standard InChI is InChI=1S/C13H15BrN2O2S2/c1-9-2-3-13(4-10(9)6-15)20(17,18)16-7-12-5-11(14)8-19-12/h2-5,8,16H,6-7,15H2,1H3. The molecule has 0 fully saturated rings. The zero-order chi connectivity index (χ0) is 14.8. The summed E-state index contributed by atoms with van der Waals surface area (Å²) in [6.07, 6.45) is 0. The number of thiophene rings is 1. The molecule has 0 saturated carbocycles. The van der Waals surface area contributed by atoms with Crippen molar-refractivity contribution in [3.8, 4) is 0 Å². The van der Waals surface area contributed by atoms with E-state index in [0.29, 0.717) is 6.54 Å². The first-order valence-electron chi connectivity index (χ1n) is 5.94. The molecule has 0 aliphatic carbocycles. The van der Waals surface area contributed by atoms with Crippen LogP contribution in [-0.2, 0) is 23.1 Å². The Morgan fingerprint density at radius 2 is 2.10 bits per heavy atom. The molecule has 3 N–H and O–H groups in total. The third-order valence-corrected chi connectivity index (χ3v) is 6.01. The predicted molar refractivity (Wildman–Crippen MR) is 85.1 cm³/mol. The Hall–Kier alpha value is -0.730. The van der Waals surface area contributed by atoms with Crippen LogP contribution in [0.15, 0.2) is 39.0 Å². The molecule has 1 aromatic heterocycles. The summed E-state index contributed by atoms with van der Waals surface area (Å²) in [5.41, 5.74) is 7.45. The number of benzene rings is 1. The molecular weight excluding hydrogens is 360 g/mol. The minimum absolute atomic E-state index is 0.249. The number of nitrogens with one attached hydrogen (secondary N) is 1. The van der Waals surface area contributed by atoms with Crippen molar-refractivity contribution in [1.82, 2.24) is 4.72 Å². The lowest BCUT2D eigenvalue weighted by atomic mass is 10.1. The lowest BCUT2D eigenvalue weighted by Gasteiger charge is -2.09. The molecule has 0 radical (unpaired) electrons. The van der Waals surface area contributed by atoms with Gasteiger partial charge in [-0.05, 0) is 52.2 Å². The van der Waals surface area contributed by atoms with Gasteiger partial charge in [-0.25, -0.2) is 13.1 Å². The lowest BCUT2D eigenvalue weighted by Crippen LogP contribution is -2.23. The topological polar surface area (TPSA) is 72.2 Å². The van der Waals surface area contributed by atoms with Crippen molar-refractivity contribution in [3.63, 3.8) is 0 Å². The molecule has 2 rings (SSSR count). The van der Waals surface area contributed by atoms with Crippen LogP contribution in [0.4, 0.5) is 0 Å². The van der Waals surface area contributed by atoms with Crippen LogP contribution in [0, 0.1) is 6.92 Å². The number of aryl methyl sites for hydroxylation is 1. The summed E-state index contributed by atoms with van der Waals surface area (Å²) in [5, 5.41) is 1.92. The van der Waals surface area contributed by atoms with Crippen molar-refractivity contribution in [3.05, 3.63) is 50.1 Å². The molecule has 2 aromatic rings. The molecule has 7 heteroatoms. The number of nitrogens with two attached hydrogens (primary N) is 1. The monoisotopic (exact) mass is 374 g/mol. The van der Waals surface area contributed by atoms with Gasteiger partial charge in [-0.15, -0.1) is 11.3 Å².